The molecule has 186 valence electrons. The van der Waals surface area contributed by atoms with Crippen molar-refractivity contribution < 1.29 is 12.6 Å². The van der Waals surface area contributed by atoms with Gasteiger partial charge < -0.3 is 0 Å². The first-order valence-electron chi connectivity index (χ1n) is 13.1. The summed E-state index contributed by atoms with van der Waals surface area (Å²) in [6.45, 7) is 9.10. The molecule has 2 aromatic rings. The van der Waals surface area contributed by atoms with Crippen molar-refractivity contribution in [2.45, 2.75) is 110 Å². The fourth-order valence-electron chi connectivity index (χ4n) is 4.71. The van der Waals surface area contributed by atoms with Crippen LogP contribution in [0, 0.1) is 11.8 Å². The molecule has 0 saturated heterocycles. The van der Waals surface area contributed by atoms with Gasteiger partial charge >= 0.3 is 0 Å². The Kier molecular flexibility index (Phi) is 11.9. The molecule has 0 aromatic heterocycles. The smallest absolute Gasteiger partial charge is 0.270 e. The first-order chi connectivity index (χ1) is 15.8. The fraction of sp³-hybridized carbons (Fsp3) is 0.655. The van der Waals surface area contributed by atoms with Crippen LogP contribution in [0.25, 0.3) is 10.8 Å². The summed E-state index contributed by atoms with van der Waals surface area (Å²) in [4.78, 5) is 0.403. The van der Waals surface area contributed by atoms with Crippen LogP contribution in [0.5, 0.6) is 0 Å². The molecule has 0 heterocycles. The highest BCUT2D eigenvalue weighted by Gasteiger charge is 2.24. The number of hydrogen-bond acceptors (Lipinski definition) is 3. The van der Waals surface area contributed by atoms with Crippen LogP contribution < -0.4 is 0 Å². The van der Waals surface area contributed by atoms with E-state index in [1.54, 1.807) is 0 Å². The van der Waals surface area contributed by atoms with E-state index < -0.39 is 10.1 Å². The van der Waals surface area contributed by atoms with Gasteiger partial charge in [0.1, 0.15) is 4.90 Å². The Morgan fingerprint density at radius 2 is 1.30 bits per heavy atom. The lowest BCUT2D eigenvalue weighted by Gasteiger charge is -2.18. The molecule has 33 heavy (non-hydrogen) atoms. The monoisotopic (exact) mass is 474 g/mol. The summed E-state index contributed by atoms with van der Waals surface area (Å²) >= 11 is 0. The van der Waals surface area contributed by atoms with E-state index in [9.17, 15) is 8.42 Å². The maximum atomic E-state index is 13.1. The molecule has 0 spiro atoms. The van der Waals surface area contributed by atoms with Gasteiger partial charge in [-0.2, -0.15) is 8.42 Å². The van der Waals surface area contributed by atoms with E-state index in [1.807, 2.05) is 24.3 Å². The van der Waals surface area contributed by atoms with Crippen molar-refractivity contribution in [2.24, 2.45) is 11.8 Å². The number of fused-ring (bicyclic) bond motifs is 1. The third-order valence-electron chi connectivity index (χ3n) is 6.60. The van der Waals surface area contributed by atoms with Gasteiger partial charge in [0.05, 0.1) is 7.11 Å². The van der Waals surface area contributed by atoms with Crippen molar-refractivity contribution in [3.63, 3.8) is 0 Å². The molecule has 3 nitrogen and oxygen atoms in total. The van der Waals surface area contributed by atoms with Crippen LogP contribution in [0.3, 0.4) is 0 Å². The van der Waals surface area contributed by atoms with E-state index in [4.69, 9.17) is 4.18 Å². The lowest BCUT2D eigenvalue weighted by atomic mass is 9.92. The molecule has 0 unspecified atom stereocenters. The highest BCUT2D eigenvalue weighted by molar-refractivity contribution is 7.87. The number of benzene rings is 2. The summed E-state index contributed by atoms with van der Waals surface area (Å²) in [7, 11) is -2.51. The van der Waals surface area contributed by atoms with E-state index >= 15 is 0 Å². The maximum Gasteiger partial charge on any atom is 0.297 e. The van der Waals surface area contributed by atoms with Crippen LogP contribution in [0.1, 0.15) is 103 Å². The summed E-state index contributed by atoms with van der Waals surface area (Å²) in [6, 6.07) is 10.1. The second-order valence-corrected chi connectivity index (χ2v) is 12.0. The van der Waals surface area contributed by atoms with E-state index in [1.165, 1.54) is 57.6 Å². The Labute approximate surface area is 203 Å². The average molecular weight is 475 g/mol. The van der Waals surface area contributed by atoms with E-state index in [0.29, 0.717) is 4.90 Å². The van der Waals surface area contributed by atoms with E-state index in [-0.39, 0.29) is 0 Å². The molecule has 0 radical (unpaired) electrons. The van der Waals surface area contributed by atoms with Crippen LogP contribution in [0.15, 0.2) is 35.2 Å². The molecule has 0 aliphatic carbocycles. The largest absolute Gasteiger partial charge is 0.297 e. The molecule has 0 amide bonds. The minimum atomic E-state index is -3.79. The Balaban J connectivity index is 2.24. The molecule has 0 bridgehead atoms. The molecule has 0 fully saturated rings. The number of hydrogen-bond donors (Lipinski definition) is 0. The van der Waals surface area contributed by atoms with E-state index in [2.05, 4.69) is 33.8 Å². The standard InChI is InChI=1S/C29H46O3S/c1-23(2)16-10-6-8-12-18-25-22-26-19-14-15-21-28(26)29(33(30,31)32-5)27(25)20-13-9-7-11-17-24(3)4/h14-15,19,21-24H,6-13,16-18,20H2,1-5H3. The Morgan fingerprint density at radius 1 is 0.758 bits per heavy atom. The van der Waals surface area contributed by atoms with Gasteiger partial charge in [-0.05, 0) is 54.0 Å². The van der Waals surface area contributed by atoms with E-state index in [0.717, 1.165) is 60.3 Å². The zero-order valence-electron chi connectivity index (χ0n) is 21.7. The van der Waals surface area contributed by atoms with Gasteiger partial charge in [-0.3, -0.25) is 4.18 Å². The molecule has 0 atom stereocenters. The maximum absolute atomic E-state index is 13.1. The zero-order valence-corrected chi connectivity index (χ0v) is 22.5. The van der Waals surface area contributed by atoms with Gasteiger partial charge in [0.25, 0.3) is 10.1 Å². The highest BCUT2D eigenvalue weighted by Crippen LogP contribution is 2.33. The van der Waals surface area contributed by atoms with Crippen molar-refractivity contribution >= 4 is 20.9 Å². The highest BCUT2D eigenvalue weighted by atomic mass is 32.2. The fourth-order valence-corrected chi connectivity index (χ4v) is 5.87. The lowest BCUT2D eigenvalue weighted by Crippen LogP contribution is -2.11. The minimum absolute atomic E-state index is 0.403. The summed E-state index contributed by atoms with van der Waals surface area (Å²) in [5.74, 6) is 1.51. The van der Waals surface area contributed by atoms with Crippen LogP contribution in [-0.2, 0) is 27.1 Å². The predicted octanol–water partition coefficient (Wildman–Crippen LogP) is 8.47. The second kappa shape index (κ2) is 14.1. The van der Waals surface area contributed by atoms with Crippen molar-refractivity contribution in [3.8, 4) is 0 Å². The third-order valence-corrected chi connectivity index (χ3v) is 8.01. The normalized spacial score (nSPS) is 12.3. The summed E-state index contributed by atoms with van der Waals surface area (Å²) in [5.41, 5.74) is 2.18. The number of aryl methyl sites for hydroxylation is 1. The summed E-state index contributed by atoms with van der Waals surface area (Å²) < 4.78 is 31.2. The van der Waals surface area contributed by atoms with Gasteiger partial charge in [0.2, 0.25) is 0 Å². The topological polar surface area (TPSA) is 43.4 Å². The summed E-state index contributed by atoms with van der Waals surface area (Å²) in [6.07, 6.45) is 13.7. The molecular formula is C29H46O3S. The molecule has 0 aliphatic heterocycles. The zero-order chi connectivity index (χ0) is 24.3. The molecule has 4 heteroatoms. The van der Waals surface area contributed by atoms with Crippen molar-refractivity contribution in [3.05, 3.63) is 41.5 Å². The Hall–Kier alpha value is -1.39. The van der Waals surface area contributed by atoms with Gasteiger partial charge in [0, 0.05) is 5.39 Å². The minimum Gasteiger partial charge on any atom is -0.270 e. The quantitative estimate of drug-likeness (QED) is 0.181. The van der Waals surface area contributed by atoms with Crippen LogP contribution in [0.4, 0.5) is 0 Å². The van der Waals surface area contributed by atoms with Crippen LogP contribution in [0.2, 0.25) is 0 Å². The van der Waals surface area contributed by atoms with Gasteiger partial charge in [-0.1, -0.05) is 109 Å². The molecule has 2 aromatic carbocycles. The first kappa shape index (κ1) is 27.9. The van der Waals surface area contributed by atoms with Crippen molar-refractivity contribution in [2.75, 3.05) is 7.11 Å². The molecule has 0 N–H and O–H groups in total. The van der Waals surface area contributed by atoms with Crippen LogP contribution in [-0.4, -0.2) is 15.5 Å². The first-order valence-corrected chi connectivity index (χ1v) is 14.5. The lowest BCUT2D eigenvalue weighted by molar-refractivity contribution is 0.397. The average Bonchev–Trinajstić information content (AvgIpc) is 2.77. The van der Waals surface area contributed by atoms with Gasteiger partial charge in [-0.25, -0.2) is 0 Å². The Bertz CT molecular complexity index is 945. The third kappa shape index (κ3) is 9.05. The number of unbranched alkanes of at least 4 members (excludes halogenated alkanes) is 6. The van der Waals surface area contributed by atoms with Gasteiger partial charge in [-0.15, -0.1) is 0 Å². The summed E-state index contributed by atoms with van der Waals surface area (Å²) in [5, 5.41) is 1.78. The molecule has 2 rings (SSSR count). The van der Waals surface area contributed by atoms with Crippen molar-refractivity contribution in [1.82, 2.24) is 0 Å². The predicted molar refractivity (Wildman–Crippen MR) is 141 cm³/mol. The molecule has 0 saturated carbocycles. The van der Waals surface area contributed by atoms with Crippen molar-refractivity contribution in [1.29, 1.82) is 0 Å². The van der Waals surface area contributed by atoms with Crippen LogP contribution >= 0.6 is 0 Å². The number of rotatable bonds is 16. The van der Waals surface area contributed by atoms with Gasteiger partial charge in [0.15, 0.2) is 0 Å². The Morgan fingerprint density at radius 3 is 1.88 bits per heavy atom. The second-order valence-electron chi connectivity index (χ2n) is 10.4. The molecular weight excluding hydrogens is 428 g/mol. The molecule has 0 aliphatic rings. The SMILES string of the molecule is COS(=O)(=O)c1c(CCCCCCC(C)C)c(CCCCCCC(C)C)cc2ccccc12.